The highest BCUT2D eigenvalue weighted by atomic mass is 32.1. The number of hydrogen-bond donors (Lipinski definition) is 2. The van der Waals surface area contributed by atoms with Crippen molar-refractivity contribution in [2.75, 3.05) is 13.1 Å². The Morgan fingerprint density at radius 3 is 3.00 bits per heavy atom. The van der Waals surface area contributed by atoms with Crippen LogP contribution in [-0.4, -0.2) is 25.0 Å². The van der Waals surface area contributed by atoms with Crippen molar-refractivity contribution in [1.82, 2.24) is 10.6 Å². The number of nitrogens with one attached hydrogen (secondary N) is 2. The lowest BCUT2D eigenvalue weighted by atomic mass is 10.1. The molecule has 0 aromatic carbocycles. The van der Waals surface area contributed by atoms with Gasteiger partial charge in [-0.3, -0.25) is 4.79 Å². The summed E-state index contributed by atoms with van der Waals surface area (Å²) < 4.78 is 0. The number of rotatable bonds is 4. The van der Waals surface area contributed by atoms with Crippen molar-refractivity contribution < 1.29 is 4.79 Å². The summed E-state index contributed by atoms with van der Waals surface area (Å²) in [4.78, 5) is 13.9. The van der Waals surface area contributed by atoms with E-state index in [-0.39, 0.29) is 5.91 Å². The van der Waals surface area contributed by atoms with E-state index in [0.29, 0.717) is 6.04 Å². The molecule has 17 heavy (non-hydrogen) atoms. The highest BCUT2D eigenvalue weighted by Gasteiger charge is 2.14. The average molecular weight is 252 g/mol. The smallest absolute Gasteiger partial charge is 0.261 e. The first kappa shape index (κ1) is 12.6. The zero-order chi connectivity index (χ0) is 12.3. The fourth-order valence-corrected chi connectivity index (χ4v) is 3.09. The fourth-order valence-electron chi connectivity index (χ4n) is 2.14. The van der Waals surface area contributed by atoms with Gasteiger partial charge in [-0.05, 0) is 51.3 Å². The van der Waals surface area contributed by atoms with Gasteiger partial charge in [0.15, 0.2) is 0 Å². The molecule has 1 aromatic rings. The largest absolute Gasteiger partial charge is 0.351 e. The van der Waals surface area contributed by atoms with Crippen LogP contribution in [0.3, 0.4) is 0 Å². The Balaban J connectivity index is 1.76. The molecule has 0 bridgehead atoms. The Kier molecular flexibility index (Phi) is 4.18. The Bertz CT molecular complexity index is 375. The van der Waals surface area contributed by atoms with Crippen LogP contribution in [0.4, 0.5) is 0 Å². The minimum atomic E-state index is 0.0733. The van der Waals surface area contributed by atoms with E-state index in [4.69, 9.17) is 0 Å². The molecule has 0 spiro atoms. The normalized spacial score (nSPS) is 19.5. The molecule has 1 fully saturated rings. The maximum atomic E-state index is 11.9. The van der Waals surface area contributed by atoms with Crippen molar-refractivity contribution in [2.24, 2.45) is 0 Å². The summed E-state index contributed by atoms with van der Waals surface area (Å²) in [6.45, 7) is 6.00. The third-order valence-electron chi connectivity index (χ3n) is 3.33. The summed E-state index contributed by atoms with van der Waals surface area (Å²) in [6.07, 6.45) is 3.55. The van der Waals surface area contributed by atoms with Gasteiger partial charge in [0.2, 0.25) is 0 Å². The van der Waals surface area contributed by atoms with Gasteiger partial charge in [-0.25, -0.2) is 0 Å². The van der Waals surface area contributed by atoms with E-state index in [1.54, 1.807) is 11.3 Å². The second kappa shape index (κ2) is 5.65. The molecule has 2 N–H and O–H groups in total. The van der Waals surface area contributed by atoms with Crippen LogP contribution >= 0.6 is 11.3 Å². The van der Waals surface area contributed by atoms with Crippen molar-refractivity contribution in [1.29, 1.82) is 0 Å². The summed E-state index contributed by atoms with van der Waals surface area (Å²) in [5.74, 6) is 0.0733. The first-order chi connectivity index (χ1) is 8.16. The molecular formula is C13H20N2OS. The Morgan fingerprint density at radius 1 is 1.59 bits per heavy atom. The summed E-state index contributed by atoms with van der Waals surface area (Å²) in [5.41, 5.74) is 1.21. The monoisotopic (exact) mass is 252 g/mol. The van der Waals surface area contributed by atoms with Gasteiger partial charge in [-0.15, -0.1) is 11.3 Å². The predicted octanol–water partition coefficient (Wildman–Crippen LogP) is 2.24. The number of carbonyl (C=O) groups is 1. The molecule has 1 saturated heterocycles. The second-order valence-electron chi connectivity index (χ2n) is 4.69. The van der Waals surface area contributed by atoms with Crippen LogP contribution in [0.1, 0.15) is 39.4 Å². The van der Waals surface area contributed by atoms with Gasteiger partial charge in [-0.1, -0.05) is 0 Å². The van der Waals surface area contributed by atoms with Gasteiger partial charge >= 0.3 is 0 Å². The third kappa shape index (κ3) is 3.30. The van der Waals surface area contributed by atoms with Crippen LogP contribution in [0.5, 0.6) is 0 Å². The lowest BCUT2D eigenvalue weighted by Gasteiger charge is -2.10. The van der Waals surface area contributed by atoms with E-state index in [1.165, 1.54) is 23.3 Å². The van der Waals surface area contributed by atoms with Crippen molar-refractivity contribution in [2.45, 2.75) is 39.2 Å². The second-order valence-corrected chi connectivity index (χ2v) is 5.94. The third-order valence-corrected chi connectivity index (χ3v) is 4.48. The van der Waals surface area contributed by atoms with E-state index < -0.39 is 0 Å². The molecule has 4 heteroatoms. The van der Waals surface area contributed by atoms with E-state index in [1.807, 2.05) is 13.0 Å². The zero-order valence-corrected chi connectivity index (χ0v) is 11.3. The molecular weight excluding hydrogens is 232 g/mol. The van der Waals surface area contributed by atoms with Crippen LogP contribution in [0.25, 0.3) is 0 Å². The SMILES string of the molecule is Cc1cc(C(=O)NCC[C@H]2CCCN2)sc1C. The summed E-state index contributed by atoms with van der Waals surface area (Å²) in [7, 11) is 0. The average Bonchev–Trinajstić information content (AvgIpc) is 2.90. The standard InChI is InChI=1S/C13H20N2OS/c1-9-8-12(17-10(9)2)13(16)15-7-5-11-4-3-6-14-11/h8,11,14H,3-7H2,1-2H3,(H,15,16)/t11-/m1/s1. The van der Waals surface area contributed by atoms with Crippen molar-refractivity contribution >= 4 is 17.2 Å². The molecule has 0 unspecified atom stereocenters. The highest BCUT2D eigenvalue weighted by Crippen LogP contribution is 2.20. The van der Waals surface area contributed by atoms with Crippen molar-refractivity contribution in [3.05, 3.63) is 21.4 Å². The fraction of sp³-hybridized carbons (Fsp3) is 0.615. The molecule has 94 valence electrons. The van der Waals surface area contributed by atoms with E-state index >= 15 is 0 Å². The van der Waals surface area contributed by atoms with Gasteiger partial charge in [0.05, 0.1) is 4.88 Å². The topological polar surface area (TPSA) is 41.1 Å². The zero-order valence-electron chi connectivity index (χ0n) is 10.5. The molecule has 0 saturated carbocycles. The molecule has 1 aromatic heterocycles. The lowest BCUT2D eigenvalue weighted by Crippen LogP contribution is -2.30. The number of aryl methyl sites for hydroxylation is 2. The van der Waals surface area contributed by atoms with E-state index in [0.717, 1.165) is 24.4 Å². The molecule has 0 aliphatic carbocycles. The number of carbonyl (C=O) groups excluding carboxylic acids is 1. The molecule has 1 amide bonds. The molecule has 2 heterocycles. The quantitative estimate of drug-likeness (QED) is 0.863. The van der Waals surface area contributed by atoms with E-state index in [9.17, 15) is 4.79 Å². The molecule has 1 aliphatic rings. The molecule has 1 aliphatic heterocycles. The maximum absolute atomic E-state index is 11.9. The number of amides is 1. The van der Waals surface area contributed by atoms with Gasteiger partial charge in [0, 0.05) is 17.5 Å². The predicted molar refractivity (Wildman–Crippen MR) is 71.8 cm³/mol. The first-order valence-electron chi connectivity index (χ1n) is 6.25. The van der Waals surface area contributed by atoms with Crippen LogP contribution < -0.4 is 10.6 Å². The molecule has 0 radical (unpaired) electrons. The van der Waals surface area contributed by atoms with Crippen molar-refractivity contribution in [3.63, 3.8) is 0 Å². The maximum Gasteiger partial charge on any atom is 0.261 e. The number of thiophene rings is 1. The van der Waals surface area contributed by atoms with Crippen LogP contribution in [0.15, 0.2) is 6.07 Å². The molecule has 2 rings (SSSR count). The summed E-state index contributed by atoms with van der Waals surface area (Å²) in [5, 5.41) is 6.43. The van der Waals surface area contributed by atoms with Crippen molar-refractivity contribution in [3.8, 4) is 0 Å². The Labute approximate surface area is 107 Å². The minimum Gasteiger partial charge on any atom is -0.351 e. The van der Waals surface area contributed by atoms with Crippen LogP contribution in [-0.2, 0) is 0 Å². The summed E-state index contributed by atoms with van der Waals surface area (Å²) in [6, 6.07) is 2.57. The Hall–Kier alpha value is -0.870. The lowest BCUT2D eigenvalue weighted by molar-refractivity contribution is 0.0956. The first-order valence-corrected chi connectivity index (χ1v) is 7.07. The van der Waals surface area contributed by atoms with Gasteiger partial charge < -0.3 is 10.6 Å². The Morgan fingerprint density at radius 2 is 2.41 bits per heavy atom. The van der Waals surface area contributed by atoms with Crippen LogP contribution in [0.2, 0.25) is 0 Å². The summed E-state index contributed by atoms with van der Waals surface area (Å²) >= 11 is 1.58. The number of hydrogen-bond acceptors (Lipinski definition) is 3. The van der Waals surface area contributed by atoms with E-state index in [2.05, 4.69) is 17.6 Å². The van der Waals surface area contributed by atoms with Crippen LogP contribution in [0, 0.1) is 13.8 Å². The molecule has 1 atom stereocenters. The van der Waals surface area contributed by atoms with Gasteiger partial charge in [-0.2, -0.15) is 0 Å². The molecule has 3 nitrogen and oxygen atoms in total. The highest BCUT2D eigenvalue weighted by molar-refractivity contribution is 7.14. The van der Waals surface area contributed by atoms with Gasteiger partial charge in [0.25, 0.3) is 5.91 Å². The van der Waals surface area contributed by atoms with Gasteiger partial charge in [0.1, 0.15) is 0 Å². The minimum absolute atomic E-state index is 0.0733.